The summed E-state index contributed by atoms with van der Waals surface area (Å²) in [5, 5.41) is 0. The maximum atomic E-state index is 11.0. The van der Waals surface area contributed by atoms with Gasteiger partial charge in [-0.3, -0.25) is 4.79 Å². The first-order valence-electron chi connectivity index (χ1n) is 4.31. The van der Waals surface area contributed by atoms with Crippen LogP contribution in [0.15, 0.2) is 17.2 Å². The van der Waals surface area contributed by atoms with Crippen LogP contribution in [0.2, 0.25) is 0 Å². The van der Waals surface area contributed by atoms with E-state index in [2.05, 4.69) is 9.97 Å². The normalized spacial score (nSPS) is 20.6. The van der Waals surface area contributed by atoms with Crippen molar-refractivity contribution >= 4 is 18.2 Å². The Hall–Kier alpha value is -1.07. The maximum Gasteiger partial charge on any atom is 0.252 e. The van der Waals surface area contributed by atoms with Gasteiger partial charge in [-0.25, -0.2) is 4.98 Å². The monoisotopic (exact) mass is 216 g/mol. The molecule has 6 heteroatoms. The average Bonchev–Trinajstić information content (AvgIpc) is 2.52. The molecular weight excluding hydrogens is 204 g/mol. The molecule has 2 heterocycles. The third-order valence-corrected chi connectivity index (χ3v) is 2.21. The van der Waals surface area contributed by atoms with Crippen LogP contribution in [0, 0.1) is 0 Å². The minimum absolute atomic E-state index is 0. The molecule has 1 aromatic heterocycles. The minimum Gasteiger partial charge on any atom is -0.355 e. The van der Waals surface area contributed by atoms with Crippen molar-refractivity contribution in [3.05, 3.63) is 22.7 Å². The lowest BCUT2D eigenvalue weighted by atomic mass is 10.3. The van der Waals surface area contributed by atoms with Crippen LogP contribution in [0.4, 0.5) is 5.82 Å². The van der Waals surface area contributed by atoms with E-state index in [1.807, 2.05) is 4.90 Å². The molecule has 1 atom stereocenters. The molecule has 14 heavy (non-hydrogen) atoms. The van der Waals surface area contributed by atoms with Crippen LogP contribution in [-0.2, 0) is 0 Å². The molecule has 78 valence electrons. The Morgan fingerprint density at radius 3 is 3.00 bits per heavy atom. The fourth-order valence-electron chi connectivity index (χ4n) is 1.53. The largest absolute Gasteiger partial charge is 0.355 e. The summed E-state index contributed by atoms with van der Waals surface area (Å²) in [6.07, 6.45) is 2.38. The number of nitrogens with one attached hydrogen (secondary N) is 1. The van der Waals surface area contributed by atoms with Gasteiger partial charge in [-0.15, -0.1) is 12.4 Å². The fraction of sp³-hybridized carbons (Fsp3) is 0.500. The van der Waals surface area contributed by atoms with E-state index in [9.17, 15) is 4.79 Å². The quantitative estimate of drug-likeness (QED) is 0.678. The van der Waals surface area contributed by atoms with Crippen molar-refractivity contribution in [2.45, 2.75) is 12.5 Å². The van der Waals surface area contributed by atoms with Crippen LogP contribution >= 0.6 is 12.4 Å². The molecule has 0 aromatic carbocycles. The van der Waals surface area contributed by atoms with E-state index in [-0.39, 0.29) is 24.0 Å². The van der Waals surface area contributed by atoms with Gasteiger partial charge >= 0.3 is 0 Å². The molecule has 1 saturated heterocycles. The van der Waals surface area contributed by atoms with E-state index in [4.69, 9.17) is 5.73 Å². The van der Waals surface area contributed by atoms with Crippen molar-refractivity contribution < 1.29 is 0 Å². The number of H-pyrrole nitrogens is 1. The number of aromatic nitrogens is 2. The SMILES string of the molecule is Cl.NC1CCN(c2cc(=O)[nH]cn2)C1. The Morgan fingerprint density at radius 2 is 2.43 bits per heavy atom. The zero-order chi connectivity index (χ0) is 9.26. The molecule has 2 rings (SSSR count). The smallest absolute Gasteiger partial charge is 0.252 e. The number of rotatable bonds is 1. The summed E-state index contributed by atoms with van der Waals surface area (Å²) in [5.74, 6) is 0.719. The van der Waals surface area contributed by atoms with Gasteiger partial charge in [-0.2, -0.15) is 0 Å². The zero-order valence-electron chi connectivity index (χ0n) is 7.64. The zero-order valence-corrected chi connectivity index (χ0v) is 8.46. The summed E-state index contributed by atoms with van der Waals surface area (Å²) in [6.45, 7) is 1.67. The van der Waals surface area contributed by atoms with Crippen molar-refractivity contribution in [3.63, 3.8) is 0 Å². The van der Waals surface area contributed by atoms with Gasteiger partial charge in [0.25, 0.3) is 5.56 Å². The maximum absolute atomic E-state index is 11.0. The number of nitrogens with two attached hydrogens (primary N) is 1. The van der Waals surface area contributed by atoms with Crippen molar-refractivity contribution in [1.29, 1.82) is 0 Å². The highest BCUT2D eigenvalue weighted by atomic mass is 35.5. The molecule has 1 aliphatic heterocycles. The first kappa shape index (κ1) is 11.0. The standard InChI is InChI=1S/C8H12N4O.ClH/c9-6-1-2-12(4-6)7-3-8(13)11-5-10-7;/h3,5-6H,1-2,4,9H2,(H,10,11,13);1H. The van der Waals surface area contributed by atoms with Gasteiger partial charge < -0.3 is 15.6 Å². The van der Waals surface area contributed by atoms with Gasteiger partial charge in [-0.05, 0) is 6.42 Å². The lowest BCUT2D eigenvalue weighted by molar-refractivity contribution is 0.751. The molecule has 3 N–H and O–H groups in total. The molecule has 1 aromatic rings. The van der Waals surface area contributed by atoms with Crippen molar-refractivity contribution in [3.8, 4) is 0 Å². The van der Waals surface area contributed by atoms with Crippen LogP contribution in [0.3, 0.4) is 0 Å². The first-order chi connectivity index (χ1) is 6.25. The summed E-state index contributed by atoms with van der Waals surface area (Å²) in [7, 11) is 0. The van der Waals surface area contributed by atoms with E-state index >= 15 is 0 Å². The van der Waals surface area contributed by atoms with E-state index in [1.54, 1.807) is 0 Å². The summed E-state index contributed by atoms with van der Waals surface area (Å²) < 4.78 is 0. The molecule has 1 aliphatic rings. The van der Waals surface area contributed by atoms with Crippen molar-refractivity contribution in [2.75, 3.05) is 18.0 Å². The van der Waals surface area contributed by atoms with Crippen molar-refractivity contribution in [2.24, 2.45) is 5.73 Å². The van der Waals surface area contributed by atoms with Crippen molar-refractivity contribution in [1.82, 2.24) is 9.97 Å². The van der Waals surface area contributed by atoms with Crippen LogP contribution in [0.5, 0.6) is 0 Å². The predicted octanol–water partition coefficient (Wildman–Crippen LogP) is -0.271. The van der Waals surface area contributed by atoms with Gasteiger partial charge in [-0.1, -0.05) is 0 Å². The summed E-state index contributed by atoms with van der Waals surface area (Å²) >= 11 is 0. The Labute approximate surface area is 87.7 Å². The van der Waals surface area contributed by atoms with Gasteiger partial charge in [0.15, 0.2) is 0 Å². The van der Waals surface area contributed by atoms with E-state index in [0.717, 1.165) is 25.3 Å². The number of hydrogen-bond donors (Lipinski definition) is 2. The second-order valence-electron chi connectivity index (χ2n) is 3.26. The molecule has 1 unspecified atom stereocenters. The Kier molecular flexibility index (Phi) is 3.49. The number of nitrogens with zero attached hydrogens (tertiary/aromatic N) is 2. The number of halogens is 1. The number of aromatic amines is 1. The van der Waals surface area contributed by atoms with E-state index in [1.165, 1.54) is 12.4 Å². The minimum atomic E-state index is -0.120. The third-order valence-electron chi connectivity index (χ3n) is 2.21. The highest BCUT2D eigenvalue weighted by molar-refractivity contribution is 5.85. The lowest BCUT2D eigenvalue weighted by Gasteiger charge is -2.15. The van der Waals surface area contributed by atoms with E-state index < -0.39 is 0 Å². The second kappa shape index (κ2) is 4.43. The van der Waals surface area contributed by atoms with Crippen LogP contribution in [0.25, 0.3) is 0 Å². The second-order valence-corrected chi connectivity index (χ2v) is 3.26. The van der Waals surface area contributed by atoms with Gasteiger partial charge in [0.05, 0.1) is 6.33 Å². The summed E-state index contributed by atoms with van der Waals surface area (Å²) in [6, 6.07) is 1.71. The molecule has 1 fully saturated rings. The molecule has 0 amide bonds. The summed E-state index contributed by atoms with van der Waals surface area (Å²) in [4.78, 5) is 19.6. The Balaban J connectivity index is 0.000000980. The topological polar surface area (TPSA) is 75.0 Å². The fourth-order valence-corrected chi connectivity index (χ4v) is 1.53. The molecular formula is C8H13ClN4O. The highest BCUT2D eigenvalue weighted by Gasteiger charge is 2.19. The molecule has 5 nitrogen and oxygen atoms in total. The molecule has 0 aliphatic carbocycles. The molecule has 0 radical (unpaired) electrons. The average molecular weight is 217 g/mol. The first-order valence-corrected chi connectivity index (χ1v) is 4.31. The van der Waals surface area contributed by atoms with E-state index in [0.29, 0.717) is 0 Å². The third kappa shape index (κ3) is 2.24. The summed E-state index contributed by atoms with van der Waals surface area (Å²) in [5.41, 5.74) is 5.63. The predicted molar refractivity (Wildman–Crippen MR) is 56.9 cm³/mol. The van der Waals surface area contributed by atoms with Gasteiger partial charge in [0.1, 0.15) is 5.82 Å². The van der Waals surface area contributed by atoms with Gasteiger partial charge in [0.2, 0.25) is 0 Å². The van der Waals surface area contributed by atoms with Crippen LogP contribution in [-0.4, -0.2) is 29.1 Å². The Morgan fingerprint density at radius 1 is 1.64 bits per heavy atom. The molecule has 0 bridgehead atoms. The van der Waals surface area contributed by atoms with Crippen LogP contribution in [0.1, 0.15) is 6.42 Å². The molecule has 0 spiro atoms. The van der Waals surface area contributed by atoms with Crippen LogP contribution < -0.4 is 16.2 Å². The Bertz CT molecular complexity index is 353. The number of hydrogen-bond acceptors (Lipinski definition) is 4. The highest BCUT2D eigenvalue weighted by Crippen LogP contribution is 2.14. The number of anilines is 1. The molecule has 0 saturated carbocycles. The van der Waals surface area contributed by atoms with Gasteiger partial charge in [0, 0.05) is 25.2 Å². The lowest BCUT2D eigenvalue weighted by Crippen LogP contribution is -2.27.